The molecule has 0 aliphatic carbocycles. The third-order valence-corrected chi connectivity index (χ3v) is 7.38. The normalized spacial score (nSPS) is 11.7. The van der Waals surface area contributed by atoms with Gasteiger partial charge in [-0.2, -0.15) is 0 Å². The summed E-state index contributed by atoms with van der Waals surface area (Å²) >= 11 is 6.41. The van der Waals surface area contributed by atoms with Crippen molar-refractivity contribution in [3.05, 3.63) is 68.3 Å². The fourth-order valence-corrected chi connectivity index (χ4v) is 4.37. The van der Waals surface area contributed by atoms with Gasteiger partial charge in [0, 0.05) is 44.1 Å². The quantitative estimate of drug-likeness (QED) is 0.390. The Morgan fingerprint density at radius 3 is 2.49 bits per heavy atom. The van der Waals surface area contributed by atoms with Crippen LogP contribution in [0.4, 0.5) is 14.9 Å². The molecule has 3 rings (SSSR count). The molecule has 0 aliphatic heterocycles. The number of fused-ring (bicyclic) bond motifs is 1. The van der Waals surface area contributed by atoms with Crippen LogP contribution in [0.15, 0.2) is 39.5 Å². The summed E-state index contributed by atoms with van der Waals surface area (Å²) in [5.41, 5.74) is 0.152. The van der Waals surface area contributed by atoms with Gasteiger partial charge in [0.2, 0.25) is 10.0 Å². The highest BCUT2D eigenvalue weighted by atomic mass is 35.5. The predicted octanol–water partition coefficient (Wildman–Crippen LogP) is 4.45. The largest absolute Gasteiger partial charge is 0.422 e. The number of carbonyl (C=O) groups excluding carboxylic acids is 1. The summed E-state index contributed by atoms with van der Waals surface area (Å²) in [7, 11) is 1.19. The maximum absolute atomic E-state index is 15.3. The molecular formula is C25H29ClFN3O6S. The van der Waals surface area contributed by atoms with E-state index in [1.807, 2.05) is 18.9 Å². The second-order valence-corrected chi connectivity index (χ2v) is 11.1. The third kappa shape index (κ3) is 6.60. The lowest BCUT2D eigenvalue weighted by Gasteiger charge is -2.19. The first-order valence-electron chi connectivity index (χ1n) is 11.5. The van der Waals surface area contributed by atoms with Gasteiger partial charge in [-0.05, 0) is 43.8 Å². The molecule has 0 fully saturated rings. The summed E-state index contributed by atoms with van der Waals surface area (Å²) in [6.07, 6.45) is -0.798. The number of ether oxygens (including phenoxy) is 1. The van der Waals surface area contributed by atoms with Crippen LogP contribution in [-0.2, 0) is 23.0 Å². The first kappa shape index (κ1) is 28.4. The Labute approximate surface area is 219 Å². The van der Waals surface area contributed by atoms with Crippen LogP contribution >= 0.6 is 11.6 Å². The Bertz CT molecular complexity index is 1490. The van der Waals surface area contributed by atoms with Crippen LogP contribution in [-0.4, -0.2) is 57.8 Å². The molecule has 0 unspecified atom stereocenters. The molecule has 0 atom stereocenters. The molecule has 0 aliphatic rings. The molecule has 1 heterocycles. The number of anilines is 1. The summed E-state index contributed by atoms with van der Waals surface area (Å²) in [5, 5.41) is 0.637. The Hall–Kier alpha value is -3.15. The molecule has 9 nitrogen and oxygen atoms in total. The maximum atomic E-state index is 15.3. The lowest BCUT2D eigenvalue weighted by molar-refractivity contribution is 0.172. The molecule has 2 aromatic carbocycles. The topological polar surface area (TPSA) is 109 Å². The minimum absolute atomic E-state index is 0.0283. The van der Waals surface area contributed by atoms with Gasteiger partial charge in [0.15, 0.2) is 11.6 Å². The first-order chi connectivity index (χ1) is 17.4. The van der Waals surface area contributed by atoms with E-state index in [0.717, 1.165) is 0 Å². The minimum Gasteiger partial charge on any atom is -0.422 e. The van der Waals surface area contributed by atoms with Gasteiger partial charge in [0.25, 0.3) is 0 Å². The zero-order valence-electron chi connectivity index (χ0n) is 21.2. The molecule has 0 saturated heterocycles. The Morgan fingerprint density at radius 1 is 1.16 bits per heavy atom. The summed E-state index contributed by atoms with van der Waals surface area (Å²) in [6.45, 7) is 4.38. The van der Waals surface area contributed by atoms with Gasteiger partial charge in [-0.1, -0.05) is 30.7 Å². The minimum atomic E-state index is -3.70. The van der Waals surface area contributed by atoms with E-state index in [1.165, 1.54) is 50.2 Å². The van der Waals surface area contributed by atoms with E-state index >= 15 is 4.39 Å². The highest BCUT2D eigenvalue weighted by Crippen LogP contribution is 2.34. The van der Waals surface area contributed by atoms with E-state index in [1.54, 1.807) is 6.07 Å². The molecule has 37 heavy (non-hydrogen) atoms. The van der Waals surface area contributed by atoms with Crippen molar-refractivity contribution in [2.45, 2.75) is 26.8 Å². The Morgan fingerprint density at radius 2 is 1.86 bits per heavy atom. The SMILES string of the molecule is CCN(C)Cc1c(Cc2cccc(NS(=O)(=O)CC)c2F)c(=O)oc2cc(OC(=O)N(C)C)c(Cl)cc12. The number of sulfonamides is 1. The van der Waals surface area contributed by atoms with Crippen molar-refractivity contribution in [1.29, 1.82) is 0 Å². The van der Waals surface area contributed by atoms with Crippen LogP contribution in [0, 0.1) is 5.82 Å². The third-order valence-electron chi connectivity index (χ3n) is 5.79. The van der Waals surface area contributed by atoms with Gasteiger partial charge < -0.3 is 19.0 Å². The average Bonchev–Trinajstić information content (AvgIpc) is 2.84. The average molecular weight is 554 g/mol. The highest BCUT2D eigenvalue weighted by molar-refractivity contribution is 7.92. The van der Waals surface area contributed by atoms with E-state index in [0.29, 0.717) is 24.0 Å². The number of hydrogen-bond donors (Lipinski definition) is 1. The first-order valence-corrected chi connectivity index (χ1v) is 13.5. The number of rotatable bonds is 9. The zero-order valence-corrected chi connectivity index (χ0v) is 22.8. The maximum Gasteiger partial charge on any atom is 0.414 e. The molecule has 0 saturated carbocycles. The summed E-state index contributed by atoms with van der Waals surface area (Å²) in [4.78, 5) is 28.3. The molecule has 0 spiro atoms. The van der Waals surface area contributed by atoms with E-state index in [4.69, 9.17) is 20.8 Å². The fraction of sp³-hybridized carbons (Fsp3) is 0.360. The van der Waals surface area contributed by atoms with Crippen LogP contribution in [0.25, 0.3) is 11.0 Å². The van der Waals surface area contributed by atoms with Gasteiger partial charge in [0.1, 0.15) is 5.58 Å². The predicted molar refractivity (Wildman–Crippen MR) is 142 cm³/mol. The van der Waals surface area contributed by atoms with Crippen molar-refractivity contribution >= 4 is 44.4 Å². The number of nitrogens with one attached hydrogen (secondary N) is 1. The van der Waals surface area contributed by atoms with Crippen LogP contribution < -0.4 is 15.1 Å². The summed E-state index contributed by atoms with van der Waals surface area (Å²) in [5.74, 6) is -0.969. The van der Waals surface area contributed by atoms with Crippen LogP contribution in [0.2, 0.25) is 5.02 Å². The number of nitrogens with zero attached hydrogens (tertiary/aromatic N) is 2. The zero-order chi connectivity index (χ0) is 27.5. The molecule has 200 valence electrons. The second kappa shape index (κ2) is 11.5. The highest BCUT2D eigenvalue weighted by Gasteiger charge is 2.22. The van der Waals surface area contributed by atoms with Crippen LogP contribution in [0.3, 0.4) is 0 Å². The van der Waals surface area contributed by atoms with E-state index < -0.39 is 27.6 Å². The van der Waals surface area contributed by atoms with Gasteiger partial charge in [-0.25, -0.2) is 22.4 Å². The summed E-state index contributed by atoms with van der Waals surface area (Å²) in [6, 6.07) is 7.22. The van der Waals surface area contributed by atoms with Gasteiger partial charge in [-0.15, -0.1) is 0 Å². The number of benzene rings is 2. The van der Waals surface area contributed by atoms with Crippen LogP contribution in [0.5, 0.6) is 5.75 Å². The van der Waals surface area contributed by atoms with Crippen molar-refractivity contribution in [1.82, 2.24) is 9.80 Å². The molecule has 1 amide bonds. The van der Waals surface area contributed by atoms with E-state index in [9.17, 15) is 18.0 Å². The number of hydrogen-bond acceptors (Lipinski definition) is 7. The molecule has 12 heteroatoms. The molecular weight excluding hydrogens is 525 g/mol. The fourth-order valence-electron chi connectivity index (χ4n) is 3.53. The second-order valence-electron chi connectivity index (χ2n) is 8.68. The number of amides is 1. The van der Waals surface area contributed by atoms with Crippen molar-refractivity contribution in [2.75, 3.05) is 38.2 Å². The lowest BCUT2D eigenvalue weighted by atomic mass is 9.97. The van der Waals surface area contributed by atoms with Crippen molar-refractivity contribution in [2.24, 2.45) is 0 Å². The van der Waals surface area contributed by atoms with E-state index in [-0.39, 0.29) is 45.3 Å². The lowest BCUT2D eigenvalue weighted by Crippen LogP contribution is -2.25. The van der Waals surface area contributed by atoms with Gasteiger partial charge in [0.05, 0.1) is 16.5 Å². The number of halogens is 2. The van der Waals surface area contributed by atoms with Gasteiger partial charge in [-0.3, -0.25) is 4.72 Å². The molecule has 0 bridgehead atoms. The molecule has 0 radical (unpaired) electrons. The van der Waals surface area contributed by atoms with Gasteiger partial charge >= 0.3 is 11.7 Å². The molecule has 1 aromatic heterocycles. The van der Waals surface area contributed by atoms with Crippen molar-refractivity contribution < 1.29 is 26.8 Å². The number of carbonyl (C=O) groups is 1. The van der Waals surface area contributed by atoms with Crippen molar-refractivity contribution in [3.8, 4) is 5.75 Å². The molecule has 3 aromatic rings. The standard InChI is InChI=1S/C25H29ClFN3O6S/c1-6-30(5)14-18-16-12-19(26)22(36-25(32)29(3)4)13-21(16)35-24(31)17(18)11-15-9-8-10-20(23(15)27)28-37(33,34)7-2/h8-10,12-13,28H,6-7,11,14H2,1-5H3. The van der Waals surface area contributed by atoms with E-state index in [2.05, 4.69) is 4.72 Å². The Balaban J connectivity index is 2.16. The smallest absolute Gasteiger partial charge is 0.414 e. The monoisotopic (exact) mass is 553 g/mol. The summed E-state index contributed by atoms with van der Waals surface area (Å²) < 4.78 is 52.3. The molecule has 1 N–H and O–H groups in total. The van der Waals surface area contributed by atoms with Crippen molar-refractivity contribution in [3.63, 3.8) is 0 Å². The Kier molecular flexibility index (Phi) is 8.83. The van der Waals surface area contributed by atoms with Crippen LogP contribution in [0.1, 0.15) is 30.5 Å².